The number of phenols is 1. The van der Waals surface area contributed by atoms with Crippen LogP contribution in [-0.2, 0) is 0 Å². The molecule has 0 bridgehead atoms. The van der Waals surface area contributed by atoms with Crippen LogP contribution in [0.25, 0.3) is 11.3 Å². The van der Waals surface area contributed by atoms with Gasteiger partial charge in [0.1, 0.15) is 17.1 Å². The SMILES string of the molecule is Cc1ccc([C@@H]2c3c(-c4cc(C)cc(C)c4O)n[nH]c3C(=O)N2CCCO)cc1. The highest BCUT2D eigenvalue weighted by Gasteiger charge is 2.42. The summed E-state index contributed by atoms with van der Waals surface area (Å²) in [6.45, 7) is 6.30. The fraction of sp³-hybridized carbons (Fsp3) is 0.304. The van der Waals surface area contributed by atoms with Crippen molar-refractivity contribution in [1.29, 1.82) is 0 Å². The van der Waals surface area contributed by atoms with Crippen LogP contribution in [0.4, 0.5) is 0 Å². The van der Waals surface area contributed by atoms with Crippen LogP contribution in [-0.4, -0.2) is 44.4 Å². The normalized spacial score (nSPS) is 15.8. The van der Waals surface area contributed by atoms with Crippen molar-refractivity contribution < 1.29 is 15.0 Å². The number of benzene rings is 2. The minimum atomic E-state index is -0.321. The van der Waals surface area contributed by atoms with Gasteiger partial charge in [-0.15, -0.1) is 0 Å². The van der Waals surface area contributed by atoms with Crippen LogP contribution in [0.2, 0.25) is 0 Å². The molecule has 1 aromatic heterocycles. The second-order valence-corrected chi connectivity index (χ2v) is 7.73. The highest BCUT2D eigenvalue weighted by molar-refractivity contribution is 6.00. The van der Waals surface area contributed by atoms with E-state index in [9.17, 15) is 15.0 Å². The average Bonchev–Trinajstić information content (AvgIpc) is 3.23. The number of aromatic hydroxyl groups is 1. The first kappa shape index (κ1) is 19.2. The van der Waals surface area contributed by atoms with Gasteiger partial charge in [-0.05, 0) is 49.9 Å². The number of H-pyrrole nitrogens is 1. The monoisotopic (exact) mass is 391 g/mol. The molecule has 3 aromatic rings. The van der Waals surface area contributed by atoms with Crippen molar-refractivity contribution in [2.75, 3.05) is 13.2 Å². The van der Waals surface area contributed by atoms with Gasteiger partial charge >= 0.3 is 0 Å². The molecule has 3 N–H and O–H groups in total. The van der Waals surface area contributed by atoms with Gasteiger partial charge in [-0.1, -0.05) is 35.9 Å². The number of nitrogens with zero attached hydrogens (tertiary/aromatic N) is 2. The third kappa shape index (κ3) is 3.19. The van der Waals surface area contributed by atoms with Gasteiger partial charge < -0.3 is 15.1 Å². The van der Waals surface area contributed by atoms with Crippen LogP contribution in [0.1, 0.15) is 50.8 Å². The maximum Gasteiger partial charge on any atom is 0.273 e. The minimum absolute atomic E-state index is 0.0152. The van der Waals surface area contributed by atoms with Crippen LogP contribution in [0.5, 0.6) is 5.75 Å². The van der Waals surface area contributed by atoms with E-state index in [0.717, 1.165) is 27.8 Å². The van der Waals surface area contributed by atoms with Gasteiger partial charge in [-0.3, -0.25) is 9.89 Å². The first-order valence-corrected chi connectivity index (χ1v) is 9.79. The summed E-state index contributed by atoms with van der Waals surface area (Å²) in [6, 6.07) is 11.6. The lowest BCUT2D eigenvalue weighted by Gasteiger charge is -2.26. The number of aromatic amines is 1. The summed E-state index contributed by atoms with van der Waals surface area (Å²) in [4.78, 5) is 14.9. The predicted molar refractivity (Wildman–Crippen MR) is 111 cm³/mol. The van der Waals surface area contributed by atoms with Gasteiger partial charge in [0.25, 0.3) is 5.91 Å². The number of rotatable bonds is 5. The molecule has 6 heteroatoms. The van der Waals surface area contributed by atoms with E-state index in [1.54, 1.807) is 4.90 Å². The summed E-state index contributed by atoms with van der Waals surface area (Å²) in [7, 11) is 0. The smallest absolute Gasteiger partial charge is 0.273 e. The lowest BCUT2D eigenvalue weighted by Crippen LogP contribution is -2.31. The standard InChI is InChI=1S/C23H25N3O3/c1-13-5-7-16(8-6-13)21-18-19(17-12-14(2)11-15(3)22(17)28)24-25-20(18)23(29)26(21)9-4-10-27/h5-8,11-12,21,27-28H,4,9-10H2,1-3H3,(H,24,25)/t21-/m1/s1. The molecule has 0 saturated heterocycles. The van der Waals surface area contributed by atoms with Gasteiger partial charge in [0.2, 0.25) is 0 Å². The largest absolute Gasteiger partial charge is 0.507 e. The molecule has 150 valence electrons. The zero-order valence-corrected chi connectivity index (χ0v) is 16.9. The molecule has 1 aliphatic rings. The third-order valence-electron chi connectivity index (χ3n) is 5.51. The van der Waals surface area contributed by atoms with E-state index in [1.165, 1.54) is 0 Å². The molecule has 0 fully saturated rings. The van der Waals surface area contributed by atoms with E-state index < -0.39 is 0 Å². The van der Waals surface area contributed by atoms with E-state index in [2.05, 4.69) is 10.2 Å². The highest BCUT2D eigenvalue weighted by Crippen LogP contribution is 2.45. The number of nitrogens with one attached hydrogen (secondary N) is 1. The maximum absolute atomic E-state index is 13.1. The van der Waals surface area contributed by atoms with E-state index >= 15 is 0 Å². The Balaban J connectivity index is 1.91. The van der Waals surface area contributed by atoms with Crippen molar-refractivity contribution in [3.63, 3.8) is 0 Å². The number of aliphatic hydroxyl groups excluding tert-OH is 1. The molecule has 4 rings (SSSR count). The van der Waals surface area contributed by atoms with Crippen LogP contribution in [0, 0.1) is 20.8 Å². The average molecular weight is 391 g/mol. The highest BCUT2D eigenvalue weighted by atomic mass is 16.3. The maximum atomic E-state index is 13.1. The predicted octanol–water partition coefficient (Wildman–Crippen LogP) is 3.64. The van der Waals surface area contributed by atoms with E-state index in [-0.39, 0.29) is 24.3 Å². The van der Waals surface area contributed by atoms with Gasteiger partial charge in [0, 0.05) is 24.3 Å². The van der Waals surface area contributed by atoms with Crippen molar-refractivity contribution in [3.05, 3.63) is 69.9 Å². The first-order valence-electron chi connectivity index (χ1n) is 9.79. The quantitative estimate of drug-likeness (QED) is 0.619. The molecule has 6 nitrogen and oxygen atoms in total. The van der Waals surface area contributed by atoms with Crippen LogP contribution >= 0.6 is 0 Å². The summed E-state index contributed by atoms with van der Waals surface area (Å²) < 4.78 is 0. The summed E-state index contributed by atoms with van der Waals surface area (Å²) in [5, 5.41) is 27.3. The molecule has 29 heavy (non-hydrogen) atoms. The fourth-order valence-electron chi connectivity index (χ4n) is 4.11. The zero-order valence-electron chi connectivity index (χ0n) is 16.9. The molecule has 0 spiro atoms. The number of hydrogen-bond donors (Lipinski definition) is 3. The Hall–Kier alpha value is -3.12. The lowest BCUT2D eigenvalue weighted by atomic mass is 9.93. The summed E-state index contributed by atoms with van der Waals surface area (Å²) in [6.07, 6.45) is 0.496. The third-order valence-corrected chi connectivity index (χ3v) is 5.51. The molecule has 0 saturated carbocycles. The van der Waals surface area contributed by atoms with Crippen molar-refractivity contribution in [3.8, 4) is 17.0 Å². The molecular formula is C23H25N3O3. The molecular weight excluding hydrogens is 366 g/mol. The number of phenolic OH excluding ortho intramolecular Hbond substituents is 1. The Morgan fingerprint density at radius 1 is 1.10 bits per heavy atom. The molecule has 1 amide bonds. The minimum Gasteiger partial charge on any atom is -0.507 e. The topological polar surface area (TPSA) is 89.5 Å². The zero-order chi connectivity index (χ0) is 20.7. The van der Waals surface area contributed by atoms with Crippen LogP contribution in [0.3, 0.4) is 0 Å². The Morgan fingerprint density at radius 3 is 2.52 bits per heavy atom. The van der Waals surface area contributed by atoms with Crippen molar-refractivity contribution in [1.82, 2.24) is 15.1 Å². The Bertz CT molecular complexity index is 1070. The Labute approximate surface area is 169 Å². The number of aryl methyl sites for hydroxylation is 3. The summed E-state index contributed by atoms with van der Waals surface area (Å²) in [5.41, 5.74) is 6.33. The number of amides is 1. The number of hydrogen-bond acceptors (Lipinski definition) is 4. The number of carbonyl (C=O) groups is 1. The Morgan fingerprint density at radius 2 is 1.83 bits per heavy atom. The number of carbonyl (C=O) groups excluding carboxylic acids is 1. The Kier molecular flexibility index (Phi) is 4.88. The molecule has 0 unspecified atom stereocenters. The lowest BCUT2D eigenvalue weighted by molar-refractivity contribution is 0.0732. The van der Waals surface area contributed by atoms with Crippen molar-refractivity contribution >= 4 is 5.91 Å². The molecule has 0 radical (unpaired) electrons. The molecule has 0 aliphatic carbocycles. The van der Waals surface area contributed by atoms with Crippen molar-refractivity contribution in [2.24, 2.45) is 0 Å². The second kappa shape index (κ2) is 7.37. The van der Waals surface area contributed by atoms with Crippen LogP contribution < -0.4 is 0 Å². The van der Waals surface area contributed by atoms with Gasteiger partial charge in [-0.25, -0.2) is 0 Å². The number of aliphatic hydroxyl groups is 1. The first-order chi connectivity index (χ1) is 13.9. The van der Waals surface area contributed by atoms with Crippen molar-refractivity contribution in [2.45, 2.75) is 33.2 Å². The molecule has 1 atom stereocenters. The fourth-order valence-corrected chi connectivity index (χ4v) is 4.11. The summed E-state index contributed by atoms with van der Waals surface area (Å²) in [5.74, 6) is 0.0375. The van der Waals surface area contributed by atoms with Gasteiger partial charge in [0.05, 0.1) is 6.04 Å². The number of aromatic nitrogens is 2. The second-order valence-electron chi connectivity index (χ2n) is 7.73. The van der Waals surface area contributed by atoms with E-state index in [1.807, 2.05) is 57.2 Å². The van der Waals surface area contributed by atoms with Gasteiger partial charge in [-0.2, -0.15) is 5.10 Å². The van der Waals surface area contributed by atoms with E-state index in [0.29, 0.717) is 29.9 Å². The molecule has 2 aromatic carbocycles. The molecule has 2 heterocycles. The molecule has 1 aliphatic heterocycles. The summed E-state index contributed by atoms with van der Waals surface area (Å²) >= 11 is 0. The number of fused-ring (bicyclic) bond motifs is 1. The van der Waals surface area contributed by atoms with Gasteiger partial charge in [0.15, 0.2) is 0 Å². The van der Waals surface area contributed by atoms with E-state index in [4.69, 9.17) is 0 Å². The van der Waals surface area contributed by atoms with Crippen LogP contribution in [0.15, 0.2) is 36.4 Å².